The fourth-order valence-corrected chi connectivity index (χ4v) is 2.45. The summed E-state index contributed by atoms with van der Waals surface area (Å²) in [6.07, 6.45) is 13.3. The smallest absolute Gasteiger partial charge is 0.336 e. The Labute approximate surface area is 122 Å². The van der Waals surface area contributed by atoms with Gasteiger partial charge >= 0.3 is 5.97 Å². The van der Waals surface area contributed by atoms with E-state index in [1.54, 1.807) is 6.92 Å². The number of aliphatic hydroxyl groups excluding tert-OH is 1. The molecule has 0 amide bonds. The molecule has 2 unspecified atom stereocenters. The van der Waals surface area contributed by atoms with Gasteiger partial charge < -0.3 is 9.84 Å². The van der Waals surface area contributed by atoms with Crippen LogP contribution in [0.3, 0.4) is 0 Å². The predicted octanol–water partition coefficient (Wildman–Crippen LogP) is 3.92. The third-order valence-electron chi connectivity index (χ3n) is 3.77. The van der Waals surface area contributed by atoms with Crippen LogP contribution in [-0.4, -0.2) is 23.3 Å². The normalized spacial score (nSPS) is 24.1. The van der Waals surface area contributed by atoms with Crippen LogP contribution >= 0.6 is 0 Å². The van der Waals surface area contributed by atoms with Crippen LogP contribution in [0, 0.1) is 0 Å². The average molecular weight is 280 g/mol. The lowest BCUT2D eigenvalue weighted by Crippen LogP contribution is -2.17. The Morgan fingerprint density at radius 2 is 1.65 bits per heavy atom. The number of aliphatic hydroxyl groups is 1. The van der Waals surface area contributed by atoms with Crippen LogP contribution in [0.2, 0.25) is 0 Å². The lowest BCUT2D eigenvalue weighted by atomic mass is 10.0. The molecule has 3 nitrogen and oxygen atoms in total. The van der Waals surface area contributed by atoms with Crippen LogP contribution in [-0.2, 0) is 9.53 Å². The van der Waals surface area contributed by atoms with E-state index in [4.69, 9.17) is 4.74 Å². The van der Waals surface area contributed by atoms with Crippen molar-refractivity contribution in [3.8, 4) is 0 Å². The van der Waals surface area contributed by atoms with Crippen molar-refractivity contribution in [1.29, 1.82) is 0 Å². The Balaban J connectivity index is 2.02. The fourth-order valence-electron chi connectivity index (χ4n) is 2.45. The van der Waals surface area contributed by atoms with Gasteiger partial charge in [0.05, 0.1) is 5.57 Å². The Morgan fingerprint density at radius 1 is 1.10 bits per heavy atom. The SMILES string of the molecule is C=CCCCCCCCCC/C=C1\C(=O)OC(C)C1O. The number of allylic oxidation sites excluding steroid dienone is 2. The van der Waals surface area contributed by atoms with Gasteiger partial charge in [-0.2, -0.15) is 0 Å². The van der Waals surface area contributed by atoms with Gasteiger partial charge in [0, 0.05) is 0 Å². The number of rotatable bonds is 10. The van der Waals surface area contributed by atoms with Gasteiger partial charge in [-0.1, -0.05) is 44.3 Å². The highest BCUT2D eigenvalue weighted by atomic mass is 16.6. The maximum absolute atomic E-state index is 11.4. The molecule has 20 heavy (non-hydrogen) atoms. The molecule has 114 valence electrons. The highest BCUT2D eigenvalue weighted by Gasteiger charge is 2.34. The van der Waals surface area contributed by atoms with Gasteiger partial charge in [-0.25, -0.2) is 4.79 Å². The molecule has 1 heterocycles. The van der Waals surface area contributed by atoms with E-state index in [9.17, 15) is 9.90 Å². The van der Waals surface area contributed by atoms with Crippen molar-refractivity contribution in [3.63, 3.8) is 0 Å². The summed E-state index contributed by atoms with van der Waals surface area (Å²) >= 11 is 0. The van der Waals surface area contributed by atoms with Crippen LogP contribution < -0.4 is 0 Å². The standard InChI is InChI=1S/C17H28O3/c1-3-4-5-6-7-8-9-10-11-12-13-15-16(18)14(2)20-17(15)19/h3,13-14,16,18H,1,4-12H2,2H3/b15-13-. The van der Waals surface area contributed by atoms with E-state index in [0.29, 0.717) is 5.57 Å². The molecule has 2 atom stereocenters. The van der Waals surface area contributed by atoms with Gasteiger partial charge in [0.15, 0.2) is 0 Å². The van der Waals surface area contributed by atoms with Crippen molar-refractivity contribution in [2.24, 2.45) is 0 Å². The van der Waals surface area contributed by atoms with Crippen molar-refractivity contribution in [2.75, 3.05) is 0 Å². The van der Waals surface area contributed by atoms with E-state index in [2.05, 4.69) is 6.58 Å². The molecule has 0 spiro atoms. The first-order valence-corrected chi connectivity index (χ1v) is 7.86. The summed E-state index contributed by atoms with van der Waals surface area (Å²) in [5, 5.41) is 9.75. The number of cyclic esters (lactones) is 1. The lowest BCUT2D eigenvalue weighted by Gasteiger charge is -2.04. The van der Waals surface area contributed by atoms with Gasteiger partial charge in [0.2, 0.25) is 0 Å². The average Bonchev–Trinajstić information content (AvgIpc) is 2.67. The third-order valence-corrected chi connectivity index (χ3v) is 3.77. The summed E-state index contributed by atoms with van der Waals surface area (Å²) in [5.41, 5.74) is 0.446. The Hall–Kier alpha value is -1.09. The van der Waals surface area contributed by atoms with Crippen LogP contribution in [0.15, 0.2) is 24.3 Å². The maximum atomic E-state index is 11.4. The number of hydrogen-bond donors (Lipinski definition) is 1. The molecule has 0 bridgehead atoms. The molecule has 0 aromatic carbocycles. The summed E-state index contributed by atoms with van der Waals surface area (Å²) in [6, 6.07) is 0. The lowest BCUT2D eigenvalue weighted by molar-refractivity contribution is -0.138. The second-order valence-corrected chi connectivity index (χ2v) is 5.56. The van der Waals surface area contributed by atoms with Gasteiger partial charge in [0.1, 0.15) is 12.2 Å². The van der Waals surface area contributed by atoms with Gasteiger partial charge in [-0.15, -0.1) is 6.58 Å². The maximum Gasteiger partial charge on any atom is 0.336 e. The number of ether oxygens (including phenoxy) is 1. The second kappa shape index (κ2) is 9.76. The summed E-state index contributed by atoms with van der Waals surface area (Å²) in [5.74, 6) is -0.354. The molecule has 1 aliphatic heterocycles. The first kappa shape index (κ1) is 17.0. The van der Waals surface area contributed by atoms with Crippen molar-refractivity contribution < 1.29 is 14.6 Å². The van der Waals surface area contributed by atoms with Gasteiger partial charge in [-0.3, -0.25) is 0 Å². The summed E-state index contributed by atoms with van der Waals surface area (Å²) in [7, 11) is 0. The minimum absolute atomic E-state index is 0.354. The van der Waals surface area contributed by atoms with Crippen molar-refractivity contribution in [3.05, 3.63) is 24.3 Å². The molecule has 0 radical (unpaired) electrons. The highest BCUT2D eigenvalue weighted by Crippen LogP contribution is 2.22. The van der Waals surface area contributed by atoms with E-state index < -0.39 is 12.2 Å². The summed E-state index contributed by atoms with van der Waals surface area (Å²) in [4.78, 5) is 11.4. The first-order valence-electron chi connectivity index (χ1n) is 7.86. The number of carbonyl (C=O) groups excluding carboxylic acids is 1. The fraction of sp³-hybridized carbons (Fsp3) is 0.706. The Kier molecular flexibility index (Phi) is 8.28. The number of carbonyl (C=O) groups is 1. The molecule has 0 aliphatic carbocycles. The zero-order valence-corrected chi connectivity index (χ0v) is 12.6. The van der Waals surface area contributed by atoms with E-state index >= 15 is 0 Å². The molecule has 0 aromatic heterocycles. The van der Waals surface area contributed by atoms with Crippen LogP contribution in [0.5, 0.6) is 0 Å². The van der Waals surface area contributed by atoms with Crippen LogP contribution in [0.1, 0.15) is 64.7 Å². The zero-order chi connectivity index (χ0) is 14.8. The predicted molar refractivity (Wildman–Crippen MR) is 81.4 cm³/mol. The second-order valence-electron chi connectivity index (χ2n) is 5.56. The number of hydrogen-bond acceptors (Lipinski definition) is 3. The zero-order valence-electron chi connectivity index (χ0n) is 12.6. The Morgan fingerprint density at radius 3 is 2.15 bits per heavy atom. The van der Waals surface area contributed by atoms with Gasteiger partial charge in [0.25, 0.3) is 0 Å². The molecule has 1 N–H and O–H groups in total. The summed E-state index contributed by atoms with van der Waals surface area (Å²) < 4.78 is 4.96. The number of esters is 1. The monoisotopic (exact) mass is 280 g/mol. The largest absolute Gasteiger partial charge is 0.456 e. The summed E-state index contributed by atoms with van der Waals surface area (Å²) in [6.45, 7) is 5.44. The molecular formula is C17H28O3. The van der Waals surface area contributed by atoms with E-state index in [-0.39, 0.29) is 5.97 Å². The first-order chi connectivity index (χ1) is 9.66. The van der Waals surface area contributed by atoms with Crippen molar-refractivity contribution in [2.45, 2.75) is 76.9 Å². The molecule has 1 rings (SSSR count). The molecule has 0 saturated carbocycles. The molecule has 3 heteroatoms. The minimum atomic E-state index is -0.743. The topological polar surface area (TPSA) is 46.5 Å². The number of unbranched alkanes of at least 4 members (excludes halogenated alkanes) is 8. The molecule has 0 aromatic rings. The van der Waals surface area contributed by atoms with Crippen LogP contribution in [0.4, 0.5) is 0 Å². The van der Waals surface area contributed by atoms with E-state index in [0.717, 1.165) is 19.3 Å². The van der Waals surface area contributed by atoms with Crippen molar-refractivity contribution >= 4 is 5.97 Å². The Bertz CT molecular complexity index is 333. The quantitative estimate of drug-likeness (QED) is 0.285. The molecule has 1 saturated heterocycles. The third kappa shape index (κ3) is 5.91. The van der Waals surface area contributed by atoms with Gasteiger partial charge in [-0.05, 0) is 32.6 Å². The highest BCUT2D eigenvalue weighted by molar-refractivity contribution is 5.92. The van der Waals surface area contributed by atoms with Crippen molar-refractivity contribution in [1.82, 2.24) is 0 Å². The molecule has 1 fully saturated rings. The molecule has 1 aliphatic rings. The van der Waals surface area contributed by atoms with E-state index in [1.807, 2.05) is 12.2 Å². The minimum Gasteiger partial charge on any atom is -0.456 e. The molecular weight excluding hydrogens is 252 g/mol. The van der Waals surface area contributed by atoms with E-state index in [1.165, 1.54) is 38.5 Å². The van der Waals surface area contributed by atoms with Crippen LogP contribution in [0.25, 0.3) is 0 Å².